The number of rotatable bonds is 4. The molecule has 2 heterocycles. The number of carbonyl (C=O) groups is 1. The molecule has 0 spiro atoms. The van der Waals surface area contributed by atoms with E-state index in [1.807, 2.05) is 18.2 Å². The van der Waals surface area contributed by atoms with Crippen LogP contribution >= 0.6 is 27.5 Å². The molecule has 1 saturated heterocycles. The van der Waals surface area contributed by atoms with E-state index < -0.39 is 10.0 Å². The molecule has 2 aliphatic rings. The standard InChI is InChI=1S/C17H20BrClN2O4S/c1-2-14(19)11-26(23,24)20-7-5-15(6-8-20)21-16-4-3-13(18)9-12(16)10-25-17(21)22/h2-4,9,15H,5-8,10-11H2,1H3/b14-2+. The summed E-state index contributed by atoms with van der Waals surface area (Å²) >= 11 is 9.32. The SMILES string of the molecule is C/C=C(/Cl)CS(=O)(=O)N1CCC(N2C(=O)OCc3cc(Br)ccc32)CC1. The van der Waals surface area contributed by atoms with Crippen LogP contribution in [0.5, 0.6) is 0 Å². The molecule has 0 aliphatic carbocycles. The van der Waals surface area contributed by atoms with Crippen molar-refractivity contribution in [3.05, 3.63) is 39.3 Å². The molecule has 2 aliphatic heterocycles. The molecule has 1 aromatic carbocycles. The quantitative estimate of drug-likeness (QED) is 0.680. The third-order valence-electron chi connectivity index (χ3n) is 4.66. The Morgan fingerprint density at radius 3 is 2.73 bits per heavy atom. The van der Waals surface area contributed by atoms with Crippen molar-refractivity contribution in [1.29, 1.82) is 0 Å². The Labute approximate surface area is 166 Å². The number of amides is 1. The first-order chi connectivity index (χ1) is 12.3. The first kappa shape index (κ1) is 19.7. The van der Waals surface area contributed by atoms with E-state index in [0.717, 1.165) is 15.7 Å². The van der Waals surface area contributed by atoms with Crippen LogP contribution < -0.4 is 4.90 Å². The Balaban J connectivity index is 1.73. The molecular weight excluding hydrogens is 444 g/mol. The van der Waals surface area contributed by atoms with Gasteiger partial charge in [-0.15, -0.1) is 0 Å². The Morgan fingerprint density at radius 2 is 2.08 bits per heavy atom. The van der Waals surface area contributed by atoms with Gasteiger partial charge < -0.3 is 4.74 Å². The van der Waals surface area contributed by atoms with Crippen LogP contribution in [0.1, 0.15) is 25.3 Å². The molecule has 1 fully saturated rings. The van der Waals surface area contributed by atoms with Gasteiger partial charge in [0, 0.05) is 34.2 Å². The maximum absolute atomic E-state index is 12.4. The number of hydrogen-bond donors (Lipinski definition) is 0. The second-order valence-electron chi connectivity index (χ2n) is 6.32. The molecule has 3 rings (SSSR count). The highest BCUT2D eigenvalue weighted by Gasteiger charge is 2.36. The normalized spacial score (nSPS) is 20.0. The van der Waals surface area contributed by atoms with Gasteiger partial charge in [-0.3, -0.25) is 4.90 Å². The number of ether oxygens (including phenoxy) is 1. The average molecular weight is 464 g/mol. The molecule has 0 aromatic heterocycles. The second-order valence-corrected chi connectivity index (χ2v) is 9.69. The third kappa shape index (κ3) is 4.08. The molecule has 142 valence electrons. The highest BCUT2D eigenvalue weighted by atomic mass is 79.9. The number of sulfonamides is 1. The number of anilines is 1. The van der Waals surface area contributed by atoms with Crippen LogP contribution in [0.4, 0.5) is 10.5 Å². The lowest BCUT2D eigenvalue weighted by atomic mass is 10.0. The highest BCUT2D eigenvalue weighted by Crippen LogP contribution is 2.34. The molecule has 0 saturated carbocycles. The smallest absolute Gasteiger partial charge is 0.414 e. The van der Waals surface area contributed by atoms with E-state index in [0.29, 0.717) is 31.0 Å². The first-order valence-electron chi connectivity index (χ1n) is 8.35. The Morgan fingerprint density at radius 1 is 1.38 bits per heavy atom. The van der Waals surface area contributed by atoms with Crippen molar-refractivity contribution in [2.45, 2.75) is 32.4 Å². The van der Waals surface area contributed by atoms with Crippen molar-refractivity contribution < 1.29 is 17.9 Å². The van der Waals surface area contributed by atoms with Crippen molar-refractivity contribution in [1.82, 2.24) is 4.31 Å². The molecular formula is C17H20BrClN2O4S. The molecule has 6 nitrogen and oxygen atoms in total. The number of cyclic esters (lactones) is 1. The number of carbonyl (C=O) groups excluding carboxylic acids is 1. The summed E-state index contributed by atoms with van der Waals surface area (Å²) in [6.07, 6.45) is 2.32. The minimum atomic E-state index is -3.44. The zero-order valence-electron chi connectivity index (χ0n) is 14.3. The summed E-state index contributed by atoms with van der Waals surface area (Å²) in [5, 5.41) is 0.311. The number of benzene rings is 1. The molecule has 0 radical (unpaired) electrons. The first-order valence-corrected chi connectivity index (χ1v) is 11.1. The van der Waals surface area contributed by atoms with Crippen LogP contribution in [-0.4, -0.2) is 43.7 Å². The molecule has 26 heavy (non-hydrogen) atoms. The van der Waals surface area contributed by atoms with Gasteiger partial charge in [0.15, 0.2) is 0 Å². The van der Waals surface area contributed by atoms with E-state index in [-0.39, 0.29) is 24.5 Å². The van der Waals surface area contributed by atoms with E-state index in [1.165, 1.54) is 4.31 Å². The summed E-state index contributed by atoms with van der Waals surface area (Å²) in [4.78, 5) is 14.0. The summed E-state index contributed by atoms with van der Waals surface area (Å²) in [5.74, 6) is -0.182. The lowest BCUT2D eigenvalue weighted by Crippen LogP contribution is -2.50. The van der Waals surface area contributed by atoms with Crippen LogP contribution in [0.2, 0.25) is 0 Å². The van der Waals surface area contributed by atoms with Crippen LogP contribution in [-0.2, 0) is 21.4 Å². The lowest BCUT2D eigenvalue weighted by Gasteiger charge is -2.39. The van der Waals surface area contributed by atoms with E-state index in [4.69, 9.17) is 16.3 Å². The molecule has 0 unspecified atom stereocenters. The monoisotopic (exact) mass is 462 g/mol. The van der Waals surface area contributed by atoms with Crippen molar-refractivity contribution >= 4 is 49.3 Å². The van der Waals surface area contributed by atoms with Crippen LogP contribution in [0, 0.1) is 0 Å². The van der Waals surface area contributed by atoms with Crippen LogP contribution in [0.3, 0.4) is 0 Å². The summed E-state index contributed by atoms with van der Waals surface area (Å²) in [7, 11) is -3.44. The number of allylic oxidation sites excluding steroid dienone is 1. The van der Waals surface area contributed by atoms with E-state index >= 15 is 0 Å². The number of halogens is 2. The van der Waals surface area contributed by atoms with Crippen molar-refractivity contribution in [3.8, 4) is 0 Å². The van der Waals surface area contributed by atoms with Gasteiger partial charge in [-0.05, 0) is 38.0 Å². The fraction of sp³-hybridized carbons (Fsp3) is 0.471. The van der Waals surface area contributed by atoms with Gasteiger partial charge in [0.25, 0.3) is 0 Å². The lowest BCUT2D eigenvalue weighted by molar-refractivity contribution is 0.136. The summed E-state index contributed by atoms with van der Waals surface area (Å²) in [6, 6.07) is 5.64. The largest absolute Gasteiger partial charge is 0.444 e. The van der Waals surface area contributed by atoms with Gasteiger partial charge in [0.1, 0.15) is 6.61 Å². The minimum absolute atomic E-state index is 0.0913. The minimum Gasteiger partial charge on any atom is -0.444 e. The van der Waals surface area contributed by atoms with Gasteiger partial charge in [0.05, 0.1) is 11.4 Å². The number of piperidine rings is 1. The number of nitrogens with zero attached hydrogens (tertiary/aromatic N) is 2. The average Bonchev–Trinajstić information content (AvgIpc) is 2.61. The van der Waals surface area contributed by atoms with E-state index in [2.05, 4.69) is 15.9 Å². The molecule has 9 heteroatoms. The summed E-state index contributed by atoms with van der Waals surface area (Å²) in [5.41, 5.74) is 1.77. The van der Waals surface area contributed by atoms with E-state index in [1.54, 1.807) is 17.9 Å². The fourth-order valence-corrected chi connectivity index (χ4v) is 5.57. The number of fused-ring (bicyclic) bond motifs is 1. The maximum Gasteiger partial charge on any atom is 0.414 e. The molecule has 1 aromatic rings. The molecule has 1 amide bonds. The predicted octanol–water partition coefficient (Wildman–Crippen LogP) is 3.84. The van der Waals surface area contributed by atoms with Crippen molar-refractivity contribution in [3.63, 3.8) is 0 Å². The molecule has 0 N–H and O–H groups in total. The van der Waals surface area contributed by atoms with Crippen LogP contribution in [0.25, 0.3) is 0 Å². The van der Waals surface area contributed by atoms with E-state index in [9.17, 15) is 13.2 Å². The highest BCUT2D eigenvalue weighted by molar-refractivity contribution is 9.10. The Hall–Kier alpha value is -1.09. The van der Waals surface area contributed by atoms with Gasteiger partial charge >= 0.3 is 6.09 Å². The van der Waals surface area contributed by atoms with Gasteiger partial charge in [-0.25, -0.2) is 17.5 Å². The summed E-state index contributed by atoms with van der Waals surface area (Å²) < 4.78 is 32.5. The zero-order valence-corrected chi connectivity index (χ0v) is 17.5. The Kier molecular flexibility index (Phi) is 5.96. The summed E-state index contributed by atoms with van der Waals surface area (Å²) in [6.45, 7) is 2.67. The predicted molar refractivity (Wildman–Crippen MR) is 105 cm³/mol. The second kappa shape index (κ2) is 7.88. The topological polar surface area (TPSA) is 66.9 Å². The third-order valence-corrected chi connectivity index (χ3v) is 7.50. The Bertz CT molecular complexity index is 835. The van der Waals surface area contributed by atoms with Gasteiger partial charge in [-0.2, -0.15) is 0 Å². The van der Waals surface area contributed by atoms with Crippen molar-refractivity contribution in [2.24, 2.45) is 0 Å². The fourth-order valence-electron chi connectivity index (χ4n) is 3.29. The zero-order chi connectivity index (χ0) is 18.9. The molecule has 0 atom stereocenters. The van der Waals surface area contributed by atoms with Crippen LogP contribution in [0.15, 0.2) is 33.8 Å². The van der Waals surface area contributed by atoms with Gasteiger partial charge in [0.2, 0.25) is 10.0 Å². The maximum atomic E-state index is 12.4. The van der Waals surface area contributed by atoms with Gasteiger partial charge in [-0.1, -0.05) is 33.6 Å². The van der Waals surface area contributed by atoms with Crippen molar-refractivity contribution in [2.75, 3.05) is 23.7 Å². The number of hydrogen-bond acceptors (Lipinski definition) is 4. The molecule has 0 bridgehead atoms.